The maximum Gasteiger partial charge on any atom is 0.407 e. The van der Waals surface area contributed by atoms with Gasteiger partial charge in [0.15, 0.2) is 5.69 Å². The molecular formula is C18H30N4O4. The third-order valence-electron chi connectivity index (χ3n) is 4.31. The monoisotopic (exact) mass is 366 g/mol. The first-order valence-electron chi connectivity index (χ1n) is 9.29. The summed E-state index contributed by atoms with van der Waals surface area (Å²) in [5.74, 6) is 0.0688. The Balaban J connectivity index is 2.20. The number of carbonyl (C=O) groups excluding carboxylic acids is 2. The number of amides is 1. The first-order chi connectivity index (χ1) is 12.2. The molecule has 1 aromatic heterocycles. The number of esters is 1. The van der Waals surface area contributed by atoms with E-state index in [4.69, 9.17) is 9.47 Å². The predicted octanol–water partition coefficient (Wildman–Crippen LogP) is 3.23. The number of nitrogens with one attached hydrogen (secondary N) is 1. The van der Waals surface area contributed by atoms with E-state index in [9.17, 15) is 9.59 Å². The van der Waals surface area contributed by atoms with E-state index in [1.165, 1.54) is 6.42 Å². The standard InChI is InChI=1S/C18H30N4O4/c1-6-25-16(23)15-14(11-19-17(24)26-18(3,4)5)22(21-20-15)13-9-7-8-12(2)10-13/h12-13H,6-11H2,1-5H3,(H,19,24). The summed E-state index contributed by atoms with van der Waals surface area (Å²) < 4.78 is 12.1. The molecule has 1 amide bonds. The smallest absolute Gasteiger partial charge is 0.407 e. The van der Waals surface area contributed by atoms with Crippen molar-refractivity contribution in [3.8, 4) is 0 Å². The van der Waals surface area contributed by atoms with Gasteiger partial charge in [-0.1, -0.05) is 25.0 Å². The Hall–Kier alpha value is -2.12. The lowest BCUT2D eigenvalue weighted by molar-refractivity contribution is 0.0497. The predicted molar refractivity (Wildman–Crippen MR) is 95.7 cm³/mol. The first kappa shape index (κ1) is 20.2. The maximum absolute atomic E-state index is 12.2. The normalized spacial score (nSPS) is 20.5. The number of nitrogens with zero attached hydrogens (tertiary/aromatic N) is 3. The molecule has 8 nitrogen and oxygen atoms in total. The summed E-state index contributed by atoms with van der Waals surface area (Å²) in [5.41, 5.74) is 0.125. The number of rotatable bonds is 5. The quantitative estimate of drug-likeness (QED) is 0.804. The third-order valence-corrected chi connectivity index (χ3v) is 4.31. The Bertz CT molecular complexity index is 636. The zero-order chi connectivity index (χ0) is 19.3. The van der Waals surface area contributed by atoms with E-state index >= 15 is 0 Å². The van der Waals surface area contributed by atoms with Crippen LogP contribution in [0.2, 0.25) is 0 Å². The summed E-state index contributed by atoms with van der Waals surface area (Å²) in [4.78, 5) is 24.2. The molecule has 2 unspecified atom stereocenters. The highest BCUT2D eigenvalue weighted by Gasteiger charge is 2.28. The van der Waals surface area contributed by atoms with E-state index in [-0.39, 0.29) is 24.9 Å². The molecule has 1 heterocycles. The van der Waals surface area contributed by atoms with Gasteiger partial charge in [0.05, 0.1) is 24.9 Å². The molecule has 1 N–H and O–H groups in total. The van der Waals surface area contributed by atoms with Crippen molar-refractivity contribution >= 4 is 12.1 Å². The van der Waals surface area contributed by atoms with E-state index in [0.717, 1.165) is 19.3 Å². The summed E-state index contributed by atoms with van der Waals surface area (Å²) >= 11 is 0. The fourth-order valence-corrected chi connectivity index (χ4v) is 3.22. The summed E-state index contributed by atoms with van der Waals surface area (Å²) in [7, 11) is 0. The lowest BCUT2D eigenvalue weighted by Gasteiger charge is -2.28. The fourth-order valence-electron chi connectivity index (χ4n) is 3.22. The van der Waals surface area contributed by atoms with Gasteiger partial charge in [0.2, 0.25) is 0 Å². The van der Waals surface area contributed by atoms with Crippen LogP contribution in [0.4, 0.5) is 4.79 Å². The molecule has 0 bridgehead atoms. The van der Waals surface area contributed by atoms with Crippen LogP contribution in [0.3, 0.4) is 0 Å². The Morgan fingerprint density at radius 3 is 2.65 bits per heavy atom. The topological polar surface area (TPSA) is 95.3 Å². The zero-order valence-electron chi connectivity index (χ0n) is 16.4. The van der Waals surface area contributed by atoms with Crippen LogP contribution < -0.4 is 5.32 Å². The van der Waals surface area contributed by atoms with Crippen LogP contribution in [0.1, 0.15) is 82.5 Å². The van der Waals surface area contributed by atoms with Gasteiger partial charge in [0, 0.05) is 0 Å². The molecule has 1 saturated carbocycles. The van der Waals surface area contributed by atoms with Crippen LogP contribution in [-0.4, -0.2) is 39.3 Å². The second-order valence-electron chi connectivity index (χ2n) is 7.83. The largest absolute Gasteiger partial charge is 0.461 e. The fraction of sp³-hybridized carbons (Fsp3) is 0.778. The SMILES string of the molecule is CCOC(=O)c1nnn(C2CCCC(C)C2)c1CNC(=O)OC(C)(C)C. The van der Waals surface area contributed by atoms with Crippen molar-refractivity contribution < 1.29 is 19.1 Å². The van der Waals surface area contributed by atoms with Gasteiger partial charge in [0.25, 0.3) is 0 Å². The van der Waals surface area contributed by atoms with E-state index < -0.39 is 17.7 Å². The van der Waals surface area contributed by atoms with E-state index in [1.807, 2.05) is 0 Å². The molecule has 8 heteroatoms. The number of hydrogen-bond acceptors (Lipinski definition) is 6. The molecule has 1 aliphatic carbocycles. The minimum atomic E-state index is -0.592. The molecule has 0 aromatic carbocycles. The van der Waals surface area contributed by atoms with Gasteiger partial charge < -0.3 is 14.8 Å². The second kappa shape index (κ2) is 8.51. The number of alkyl carbamates (subject to hydrolysis) is 1. The Labute approximate surface area is 154 Å². The second-order valence-corrected chi connectivity index (χ2v) is 7.83. The van der Waals surface area contributed by atoms with Gasteiger partial charge in [-0.3, -0.25) is 0 Å². The van der Waals surface area contributed by atoms with Crippen LogP contribution >= 0.6 is 0 Å². The Morgan fingerprint density at radius 2 is 2.04 bits per heavy atom. The molecule has 26 heavy (non-hydrogen) atoms. The lowest BCUT2D eigenvalue weighted by Crippen LogP contribution is -2.33. The highest BCUT2D eigenvalue weighted by Crippen LogP contribution is 2.32. The lowest BCUT2D eigenvalue weighted by atomic mass is 9.87. The van der Waals surface area contributed by atoms with Gasteiger partial charge in [-0.05, 0) is 46.5 Å². The molecule has 1 aliphatic rings. The van der Waals surface area contributed by atoms with Crippen LogP contribution in [0, 0.1) is 5.92 Å². The molecule has 0 radical (unpaired) electrons. The van der Waals surface area contributed by atoms with Crippen molar-refractivity contribution in [1.29, 1.82) is 0 Å². The number of hydrogen-bond donors (Lipinski definition) is 1. The van der Waals surface area contributed by atoms with Crippen molar-refractivity contribution in [3.63, 3.8) is 0 Å². The number of carbonyl (C=O) groups is 2. The zero-order valence-corrected chi connectivity index (χ0v) is 16.4. The van der Waals surface area contributed by atoms with Gasteiger partial charge in [-0.15, -0.1) is 5.10 Å². The average molecular weight is 366 g/mol. The molecule has 0 saturated heterocycles. The molecule has 1 aromatic rings. The summed E-state index contributed by atoms with van der Waals surface area (Å²) in [6.45, 7) is 9.72. The molecule has 0 spiro atoms. The number of aromatic nitrogens is 3. The van der Waals surface area contributed by atoms with E-state index in [2.05, 4.69) is 22.6 Å². The van der Waals surface area contributed by atoms with Gasteiger partial charge >= 0.3 is 12.1 Å². The minimum Gasteiger partial charge on any atom is -0.461 e. The highest BCUT2D eigenvalue weighted by molar-refractivity contribution is 5.88. The number of ether oxygens (including phenoxy) is 2. The summed E-state index contributed by atoms with van der Waals surface area (Å²) in [6, 6.07) is 0.171. The first-order valence-corrected chi connectivity index (χ1v) is 9.29. The molecule has 0 aliphatic heterocycles. The Kier molecular flexibility index (Phi) is 6.61. The van der Waals surface area contributed by atoms with Crippen LogP contribution in [0.15, 0.2) is 0 Å². The molecule has 146 valence electrons. The van der Waals surface area contributed by atoms with Gasteiger partial charge in [-0.25, -0.2) is 14.3 Å². The Morgan fingerprint density at radius 1 is 1.31 bits per heavy atom. The molecule has 2 atom stereocenters. The van der Waals surface area contributed by atoms with Crippen molar-refractivity contribution in [1.82, 2.24) is 20.3 Å². The van der Waals surface area contributed by atoms with Gasteiger partial charge in [-0.2, -0.15) is 0 Å². The van der Waals surface area contributed by atoms with Crippen molar-refractivity contribution in [2.24, 2.45) is 5.92 Å². The van der Waals surface area contributed by atoms with Crippen LogP contribution in [0.25, 0.3) is 0 Å². The highest BCUT2D eigenvalue weighted by atomic mass is 16.6. The van der Waals surface area contributed by atoms with Gasteiger partial charge in [0.1, 0.15) is 5.60 Å². The molecule has 2 rings (SSSR count). The minimum absolute atomic E-state index is 0.112. The maximum atomic E-state index is 12.2. The average Bonchev–Trinajstić information content (AvgIpc) is 2.95. The van der Waals surface area contributed by atoms with Crippen molar-refractivity contribution in [2.45, 2.75) is 78.5 Å². The van der Waals surface area contributed by atoms with Crippen molar-refractivity contribution in [3.05, 3.63) is 11.4 Å². The third kappa shape index (κ3) is 5.44. The van der Waals surface area contributed by atoms with Crippen LogP contribution in [-0.2, 0) is 16.0 Å². The van der Waals surface area contributed by atoms with E-state index in [0.29, 0.717) is 11.6 Å². The van der Waals surface area contributed by atoms with Crippen molar-refractivity contribution in [2.75, 3.05) is 6.61 Å². The summed E-state index contributed by atoms with van der Waals surface area (Å²) in [5, 5.41) is 10.9. The summed E-state index contributed by atoms with van der Waals surface area (Å²) in [6.07, 6.45) is 3.72. The van der Waals surface area contributed by atoms with E-state index in [1.54, 1.807) is 32.4 Å². The molecule has 1 fully saturated rings. The molecular weight excluding hydrogens is 336 g/mol. The van der Waals surface area contributed by atoms with Crippen LogP contribution in [0.5, 0.6) is 0 Å².